The fourth-order valence-electron chi connectivity index (χ4n) is 2.09. The molecule has 0 saturated carbocycles. The van der Waals surface area contributed by atoms with Crippen molar-refractivity contribution in [2.45, 2.75) is 0 Å². The van der Waals surface area contributed by atoms with Gasteiger partial charge < -0.3 is 34.2 Å². The first-order valence-corrected chi connectivity index (χ1v) is 6.25. The van der Waals surface area contributed by atoms with E-state index in [1.165, 1.54) is 0 Å². The number of halogens is 1. The monoisotopic (exact) mass is 393 g/mol. The van der Waals surface area contributed by atoms with Crippen LogP contribution < -0.4 is 33.1 Å². The average molecular weight is 393 g/mol. The summed E-state index contributed by atoms with van der Waals surface area (Å²) >= 11 is 0. The smallest absolute Gasteiger partial charge is 0.256 e. The summed E-state index contributed by atoms with van der Waals surface area (Å²) in [5.74, 6) is 0.204. The molecular weight excluding hydrogens is 379 g/mol. The van der Waals surface area contributed by atoms with E-state index in [1.54, 1.807) is 21.3 Å². The third kappa shape index (κ3) is 3.13. The molecule has 0 aliphatic heterocycles. The number of hydrogen-bond donors (Lipinski definition) is 2. The van der Waals surface area contributed by atoms with Crippen molar-refractivity contribution < 1.29 is 43.3 Å². The maximum absolute atomic E-state index is 10.2. The van der Waals surface area contributed by atoms with Gasteiger partial charge in [-0.1, -0.05) is 12.1 Å². The van der Waals surface area contributed by atoms with E-state index in [-0.39, 0.29) is 35.5 Å². The molecule has 0 atom stereocenters. The Hall–Kier alpha value is -2.15. The molecule has 0 fully saturated rings. The summed E-state index contributed by atoms with van der Waals surface area (Å²) in [6.45, 7) is 0. The van der Waals surface area contributed by atoms with E-state index < -0.39 is 0 Å². The molecule has 0 bridgehead atoms. The van der Waals surface area contributed by atoms with Crippen LogP contribution in [0.15, 0.2) is 73.3 Å². The molecule has 0 radical (unpaired) electrons. The molecule has 0 unspecified atom stereocenters. The van der Waals surface area contributed by atoms with E-state index in [2.05, 4.69) is 0 Å². The molecule has 106 valence electrons. The van der Waals surface area contributed by atoms with Crippen molar-refractivity contribution in [3.05, 3.63) is 73.3 Å². The Balaban J connectivity index is 0.00000161. The topological polar surface area (TPSA) is 48.2 Å². The molecule has 21 heavy (non-hydrogen) atoms. The van der Waals surface area contributed by atoms with Crippen LogP contribution in [0, 0.1) is 0 Å². The molecule has 1 aromatic carbocycles. The highest BCUT2D eigenvalue weighted by Crippen LogP contribution is 2.27. The van der Waals surface area contributed by atoms with Gasteiger partial charge in [0.1, 0.15) is 0 Å². The molecule has 3 rings (SSSR count). The predicted octanol–water partition coefficient (Wildman–Crippen LogP) is -1.34. The average Bonchev–Trinajstić information content (AvgIpc) is 2.51. The zero-order valence-corrected chi connectivity index (χ0v) is 13.3. The second kappa shape index (κ2) is 6.53. The molecule has 2 N–H and O–H groups in total. The van der Waals surface area contributed by atoms with Crippen LogP contribution >= 0.6 is 0 Å². The maximum Gasteiger partial charge on any atom is 0.256 e. The second-order valence-corrected chi connectivity index (χ2v) is 4.40. The highest BCUT2D eigenvalue weighted by Gasteiger charge is 2.21. The van der Waals surface area contributed by atoms with Crippen LogP contribution in [-0.2, 0) is 0 Å². The summed E-state index contributed by atoms with van der Waals surface area (Å²) in [7, 11) is 0. The lowest BCUT2D eigenvalue weighted by Gasteiger charge is -2.02. The number of benzene rings is 1. The number of phenolic OH excluding ortho intramolecular Hbond substituents is 2. The molecule has 0 amide bonds. The lowest BCUT2D eigenvalue weighted by Crippen LogP contribution is -3.00. The van der Waals surface area contributed by atoms with Gasteiger partial charge in [-0.25, -0.2) is 0 Å². The summed E-state index contributed by atoms with van der Waals surface area (Å²) in [5, 5.41) is 20.4. The highest BCUT2D eigenvalue weighted by atomic mass is 127. The molecule has 4 nitrogen and oxygen atoms in total. The normalized spacial score (nSPS) is 9.90. The van der Waals surface area contributed by atoms with Crippen molar-refractivity contribution in [1.82, 2.24) is 0 Å². The first kappa shape index (κ1) is 15.2. The summed E-state index contributed by atoms with van der Waals surface area (Å²) in [6.07, 6.45) is 7.24. The fourth-order valence-corrected chi connectivity index (χ4v) is 2.09. The van der Waals surface area contributed by atoms with E-state index in [4.69, 9.17) is 0 Å². The van der Waals surface area contributed by atoms with Crippen molar-refractivity contribution in [1.29, 1.82) is 0 Å². The van der Waals surface area contributed by atoms with Crippen molar-refractivity contribution in [3.63, 3.8) is 0 Å². The standard InChI is InChI=1S/C16H12N2O2.HI/c19-15-12-14(18-9-5-2-6-10-18)16(20)11-13(15)17-7-3-1-4-8-17;/h1-12H;1H/p+1. The van der Waals surface area contributed by atoms with Crippen LogP contribution in [-0.4, -0.2) is 10.2 Å². The molecule has 0 aliphatic carbocycles. The van der Waals surface area contributed by atoms with Gasteiger partial charge in [-0.3, -0.25) is 0 Å². The number of nitrogens with zero attached hydrogens (tertiary/aromatic N) is 2. The quantitative estimate of drug-likeness (QED) is 0.322. The van der Waals surface area contributed by atoms with Gasteiger partial charge in [0.2, 0.25) is 0 Å². The fraction of sp³-hybridized carbons (Fsp3) is 0. The zero-order valence-electron chi connectivity index (χ0n) is 11.1. The predicted molar refractivity (Wildman–Crippen MR) is 72.8 cm³/mol. The van der Waals surface area contributed by atoms with Crippen LogP contribution in [0.3, 0.4) is 0 Å². The second-order valence-electron chi connectivity index (χ2n) is 4.40. The Morgan fingerprint density at radius 2 is 0.905 bits per heavy atom. The molecule has 2 heterocycles. The third-order valence-corrected chi connectivity index (χ3v) is 3.06. The number of rotatable bonds is 2. The summed E-state index contributed by atoms with van der Waals surface area (Å²) in [6, 6.07) is 14.3. The van der Waals surface area contributed by atoms with Gasteiger partial charge in [0.05, 0.1) is 12.1 Å². The highest BCUT2D eigenvalue weighted by molar-refractivity contribution is 5.53. The lowest BCUT2D eigenvalue weighted by atomic mass is 10.2. The summed E-state index contributed by atoms with van der Waals surface area (Å²) in [5.41, 5.74) is 1.06. The van der Waals surface area contributed by atoms with Crippen LogP contribution in [0.2, 0.25) is 0 Å². The number of pyridine rings is 2. The Kier molecular flexibility index (Phi) is 4.74. The van der Waals surface area contributed by atoms with Crippen molar-refractivity contribution >= 4 is 0 Å². The molecule has 5 heteroatoms. The van der Waals surface area contributed by atoms with E-state index >= 15 is 0 Å². The Morgan fingerprint density at radius 1 is 0.571 bits per heavy atom. The largest absolute Gasteiger partial charge is 1.00 e. The summed E-state index contributed by atoms with van der Waals surface area (Å²) in [4.78, 5) is 0. The first-order chi connectivity index (χ1) is 9.75. The molecule has 2 aromatic heterocycles. The lowest BCUT2D eigenvalue weighted by molar-refractivity contribution is -0.600. The van der Waals surface area contributed by atoms with Crippen LogP contribution in [0.25, 0.3) is 11.4 Å². The molecule has 0 saturated heterocycles. The van der Waals surface area contributed by atoms with Gasteiger partial charge in [0.15, 0.2) is 36.3 Å². The van der Waals surface area contributed by atoms with Crippen LogP contribution in [0.1, 0.15) is 0 Å². The molecule has 0 aliphatic rings. The minimum atomic E-state index is 0. The Bertz CT molecular complexity index is 669. The van der Waals surface area contributed by atoms with Gasteiger partial charge in [0, 0.05) is 24.3 Å². The molecular formula is C16H14IN2O2+. The van der Waals surface area contributed by atoms with Crippen LogP contribution in [0.4, 0.5) is 0 Å². The Morgan fingerprint density at radius 3 is 1.24 bits per heavy atom. The van der Waals surface area contributed by atoms with E-state index in [0.29, 0.717) is 11.4 Å². The number of aromatic nitrogens is 2. The van der Waals surface area contributed by atoms with Gasteiger partial charge >= 0.3 is 0 Å². The van der Waals surface area contributed by atoms with E-state index in [1.807, 2.05) is 61.2 Å². The van der Waals surface area contributed by atoms with E-state index in [0.717, 1.165) is 0 Å². The SMILES string of the molecule is Oc1cc(-[n+]2ccccc2)c(O)cc1-[n+]1ccccc1.[I-]. The number of hydrogen-bond acceptors (Lipinski definition) is 2. The van der Waals surface area contributed by atoms with Gasteiger partial charge in [0.25, 0.3) is 11.4 Å². The van der Waals surface area contributed by atoms with Gasteiger partial charge in [-0.15, -0.1) is 0 Å². The first-order valence-electron chi connectivity index (χ1n) is 6.25. The maximum atomic E-state index is 10.2. The molecule has 3 aromatic rings. The minimum Gasteiger partial charge on any atom is -1.00 e. The van der Waals surface area contributed by atoms with Crippen LogP contribution in [0.5, 0.6) is 11.5 Å². The third-order valence-electron chi connectivity index (χ3n) is 3.06. The number of aromatic hydroxyl groups is 2. The zero-order chi connectivity index (χ0) is 13.9. The van der Waals surface area contributed by atoms with Gasteiger partial charge in [-0.05, 0) is 0 Å². The van der Waals surface area contributed by atoms with Crippen molar-refractivity contribution in [2.75, 3.05) is 0 Å². The van der Waals surface area contributed by atoms with Crippen molar-refractivity contribution in [2.24, 2.45) is 0 Å². The summed E-state index contributed by atoms with van der Waals surface area (Å²) < 4.78 is 3.49. The van der Waals surface area contributed by atoms with Gasteiger partial charge in [-0.2, -0.15) is 9.13 Å². The Labute approximate surface area is 139 Å². The van der Waals surface area contributed by atoms with Crippen molar-refractivity contribution in [3.8, 4) is 22.9 Å². The number of phenols is 2. The molecule has 0 spiro atoms. The van der Waals surface area contributed by atoms with E-state index in [9.17, 15) is 10.2 Å². The minimum absolute atomic E-state index is 0.